The van der Waals surface area contributed by atoms with Crippen LogP contribution in [-0.2, 0) is 6.54 Å². The van der Waals surface area contributed by atoms with Gasteiger partial charge in [0, 0.05) is 18.1 Å². The lowest BCUT2D eigenvalue weighted by Crippen LogP contribution is -2.15. The molecule has 3 rings (SSSR count). The maximum absolute atomic E-state index is 9.13. The molecule has 1 aliphatic heterocycles. The number of hydrogen-bond donors (Lipinski definition) is 0. The average Bonchev–Trinajstić information content (AvgIpc) is 2.85. The van der Waals surface area contributed by atoms with E-state index in [2.05, 4.69) is 19.9 Å². The third-order valence-electron chi connectivity index (χ3n) is 4.02. The van der Waals surface area contributed by atoms with Crippen molar-refractivity contribution in [1.29, 1.82) is 5.26 Å². The summed E-state index contributed by atoms with van der Waals surface area (Å²) in [5.74, 6) is 2.83. The molecule has 0 saturated carbocycles. The second kappa shape index (κ2) is 5.65. The summed E-state index contributed by atoms with van der Waals surface area (Å²) in [6.45, 7) is 5.74. The van der Waals surface area contributed by atoms with Crippen molar-refractivity contribution in [2.24, 2.45) is 0 Å². The number of fused-ring (bicyclic) bond motifs is 2. The van der Waals surface area contributed by atoms with Gasteiger partial charge in [0.25, 0.3) is 0 Å². The summed E-state index contributed by atoms with van der Waals surface area (Å²) < 4.78 is 13.3. The number of hydrogen-bond acceptors (Lipinski definition) is 4. The Morgan fingerprint density at radius 2 is 1.90 bits per heavy atom. The van der Waals surface area contributed by atoms with Gasteiger partial charge in [-0.2, -0.15) is 5.26 Å². The van der Waals surface area contributed by atoms with Crippen LogP contribution in [0.5, 0.6) is 11.5 Å². The molecule has 0 atom stereocenters. The fourth-order valence-corrected chi connectivity index (χ4v) is 2.88. The fourth-order valence-electron chi connectivity index (χ4n) is 2.88. The summed E-state index contributed by atoms with van der Waals surface area (Å²) in [7, 11) is 0. The summed E-state index contributed by atoms with van der Waals surface area (Å²) in [6.07, 6.45) is 2.02. The Kier molecular flexibility index (Phi) is 3.70. The first-order valence-electron chi connectivity index (χ1n) is 7.45. The van der Waals surface area contributed by atoms with Crippen molar-refractivity contribution in [1.82, 2.24) is 9.55 Å². The zero-order chi connectivity index (χ0) is 14.8. The van der Waals surface area contributed by atoms with E-state index in [1.165, 1.54) is 0 Å². The maximum atomic E-state index is 9.13. The molecule has 1 aromatic heterocycles. The van der Waals surface area contributed by atoms with Gasteiger partial charge in [0.1, 0.15) is 25.6 Å². The van der Waals surface area contributed by atoms with E-state index in [0.29, 0.717) is 25.7 Å². The summed E-state index contributed by atoms with van der Waals surface area (Å²) in [5.41, 5.74) is 1.82. The fraction of sp³-hybridized carbons (Fsp3) is 0.500. The lowest BCUT2D eigenvalue weighted by Gasteiger charge is -2.18. The van der Waals surface area contributed by atoms with Crippen molar-refractivity contribution in [3.63, 3.8) is 0 Å². The summed E-state index contributed by atoms with van der Waals surface area (Å²) in [4.78, 5) is 4.76. The molecule has 0 fully saturated rings. The topological polar surface area (TPSA) is 60.1 Å². The van der Waals surface area contributed by atoms with Gasteiger partial charge in [-0.1, -0.05) is 13.8 Å². The Hall–Kier alpha value is -2.22. The van der Waals surface area contributed by atoms with Gasteiger partial charge in [0.2, 0.25) is 0 Å². The van der Waals surface area contributed by atoms with Crippen LogP contribution in [0.3, 0.4) is 0 Å². The molecule has 5 heteroatoms. The van der Waals surface area contributed by atoms with E-state index in [4.69, 9.17) is 19.7 Å². The Morgan fingerprint density at radius 3 is 2.52 bits per heavy atom. The number of benzene rings is 1. The van der Waals surface area contributed by atoms with Crippen LogP contribution in [0.4, 0.5) is 0 Å². The zero-order valence-corrected chi connectivity index (χ0v) is 12.4. The van der Waals surface area contributed by atoms with Gasteiger partial charge in [0.15, 0.2) is 11.5 Å². The normalized spacial score (nSPS) is 13.6. The van der Waals surface area contributed by atoms with Crippen LogP contribution >= 0.6 is 0 Å². The molecule has 5 nitrogen and oxygen atoms in total. The van der Waals surface area contributed by atoms with E-state index in [9.17, 15) is 0 Å². The van der Waals surface area contributed by atoms with Gasteiger partial charge in [0.05, 0.1) is 17.1 Å². The van der Waals surface area contributed by atoms with Gasteiger partial charge in [-0.05, 0) is 12.8 Å². The maximum Gasteiger partial charge on any atom is 0.163 e. The molecular formula is C16H19N3O2. The van der Waals surface area contributed by atoms with E-state index < -0.39 is 0 Å². The molecule has 21 heavy (non-hydrogen) atoms. The summed E-state index contributed by atoms with van der Waals surface area (Å²) in [6, 6.07) is 6.10. The Bertz CT molecular complexity index is 696. The van der Waals surface area contributed by atoms with Crippen LogP contribution in [0, 0.1) is 11.3 Å². The van der Waals surface area contributed by atoms with Gasteiger partial charge in [-0.25, -0.2) is 4.98 Å². The lowest BCUT2D eigenvalue weighted by molar-refractivity contribution is 0.172. The van der Waals surface area contributed by atoms with Gasteiger partial charge < -0.3 is 14.0 Å². The molecule has 110 valence electrons. The molecule has 1 aromatic carbocycles. The van der Waals surface area contributed by atoms with Crippen LogP contribution in [0.25, 0.3) is 11.0 Å². The van der Waals surface area contributed by atoms with Crippen molar-refractivity contribution in [3.05, 3.63) is 18.0 Å². The van der Waals surface area contributed by atoms with E-state index >= 15 is 0 Å². The van der Waals surface area contributed by atoms with E-state index in [1.807, 2.05) is 16.7 Å². The van der Waals surface area contributed by atoms with Crippen LogP contribution < -0.4 is 9.47 Å². The SMILES string of the molecule is CCC(CC)c1nc2cc3c(cc2n1CC#N)OCCO3. The zero-order valence-electron chi connectivity index (χ0n) is 12.4. The first kappa shape index (κ1) is 13.7. The average molecular weight is 285 g/mol. The molecule has 1 aliphatic rings. The number of aromatic nitrogens is 2. The quantitative estimate of drug-likeness (QED) is 0.865. The van der Waals surface area contributed by atoms with Crippen LogP contribution in [0.15, 0.2) is 12.1 Å². The molecule has 0 radical (unpaired) electrons. The molecule has 0 unspecified atom stereocenters. The molecule has 2 heterocycles. The Morgan fingerprint density at radius 1 is 1.24 bits per heavy atom. The van der Waals surface area contributed by atoms with E-state index in [1.54, 1.807) is 0 Å². The van der Waals surface area contributed by atoms with Crippen molar-refractivity contribution < 1.29 is 9.47 Å². The molecule has 0 N–H and O–H groups in total. The van der Waals surface area contributed by atoms with E-state index in [-0.39, 0.29) is 0 Å². The number of nitriles is 1. The highest BCUT2D eigenvalue weighted by Gasteiger charge is 2.21. The third-order valence-corrected chi connectivity index (χ3v) is 4.02. The predicted molar refractivity (Wildman–Crippen MR) is 79.7 cm³/mol. The minimum absolute atomic E-state index is 0.308. The minimum atomic E-state index is 0.308. The van der Waals surface area contributed by atoms with E-state index in [0.717, 1.165) is 41.2 Å². The highest BCUT2D eigenvalue weighted by Crippen LogP contribution is 2.36. The molecule has 2 aromatic rings. The standard InChI is InChI=1S/C16H19N3O2/c1-3-11(4-2)16-18-12-9-14-15(21-8-7-20-14)10-13(12)19(16)6-5-17/h9-11H,3-4,6-8H2,1-2H3. The smallest absolute Gasteiger partial charge is 0.163 e. The Balaban J connectivity index is 2.19. The van der Waals surface area contributed by atoms with Gasteiger partial charge in [-0.15, -0.1) is 0 Å². The number of nitrogens with zero attached hydrogens (tertiary/aromatic N) is 3. The highest BCUT2D eigenvalue weighted by molar-refractivity contribution is 5.81. The first-order chi connectivity index (χ1) is 10.3. The van der Waals surface area contributed by atoms with Crippen LogP contribution in [0.2, 0.25) is 0 Å². The van der Waals surface area contributed by atoms with Crippen molar-refractivity contribution in [3.8, 4) is 17.6 Å². The van der Waals surface area contributed by atoms with Crippen LogP contribution in [0.1, 0.15) is 38.4 Å². The molecular weight excluding hydrogens is 266 g/mol. The number of ether oxygens (including phenoxy) is 2. The molecule has 0 saturated heterocycles. The van der Waals surface area contributed by atoms with Crippen molar-refractivity contribution in [2.45, 2.75) is 39.2 Å². The monoisotopic (exact) mass is 285 g/mol. The van der Waals surface area contributed by atoms with Crippen molar-refractivity contribution >= 4 is 11.0 Å². The molecule has 0 spiro atoms. The van der Waals surface area contributed by atoms with Gasteiger partial charge in [-0.3, -0.25) is 0 Å². The molecule has 0 bridgehead atoms. The molecule has 0 aliphatic carbocycles. The molecule has 0 amide bonds. The lowest BCUT2D eigenvalue weighted by atomic mass is 10.0. The highest BCUT2D eigenvalue weighted by atomic mass is 16.6. The largest absolute Gasteiger partial charge is 0.486 e. The van der Waals surface area contributed by atoms with Gasteiger partial charge >= 0.3 is 0 Å². The third kappa shape index (κ3) is 2.31. The second-order valence-electron chi connectivity index (χ2n) is 5.21. The van der Waals surface area contributed by atoms with Crippen molar-refractivity contribution in [2.75, 3.05) is 13.2 Å². The summed E-state index contributed by atoms with van der Waals surface area (Å²) >= 11 is 0. The first-order valence-corrected chi connectivity index (χ1v) is 7.45. The van der Waals surface area contributed by atoms with Crippen LogP contribution in [-0.4, -0.2) is 22.8 Å². The minimum Gasteiger partial charge on any atom is -0.486 e. The predicted octanol–water partition coefficient (Wildman–Crippen LogP) is 3.23. The second-order valence-corrected chi connectivity index (χ2v) is 5.21. The summed E-state index contributed by atoms with van der Waals surface area (Å²) in [5, 5.41) is 9.13. The number of imidazole rings is 1. The number of rotatable bonds is 4. The Labute approximate surface area is 124 Å².